The summed E-state index contributed by atoms with van der Waals surface area (Å²) in [5.74, 6) is 0.585. The zero-order chi connectivity index (χ0) is 23.8. The molecular weight excluding hydrogens is 440 g/mol. The molecular formula is C25H28N2O5S. The lowest BCUT2D eigenvalue weighted by molar-refractivity contribution is -0.119. The van der Waals surface area contributed by atoms with Crippen LogP contribution in [-0.4, -0.2) is 41.6 Å². The van der Waals surface area contributed by atoms with Gasteiger partial charge < -0.3 is 14.8 Å². The lowest BCUT2D eigenvalue weighted by atomic mass is 10.1. The number of sulfonamides is 1. The Labute approximate surface area is 195 Å². The van der Waals surface area contributed by atoms with Gasteiger partial charge in [-0.25, -0.2) is 8.42 Å². The Balaban J connectivity index is 1.78. The monoisotopic (exact) mass is 468 g/mol. The molecule has 0 saturated carbocycles. The molecule has 0 aliphatic heterocycles. The third-order valence-corrected chi connectivity index (χ3v) is 6.91. The highest BCUT2D eigenvalue weighted by atomic mass is 32.2. The maximum absolute atomic E-state index is 13.6. The predicted molar refractivity (Wildman–Crippen MR) is 128 cm³/mol. The Morgan fingerprint density at radius 2 is 1.64 bits per heavy atom. The van der Waals surface area contributed by atoms with Gasteiger partial charge in [0.2, 0.25) is 5.91 Å². The molecule has 0 spiro atoms. The minimum absolute atomic E-state index is 0.0138. The number of rotatable bonds is 10. The first-order valence-electron chi connectivity index (χ1n) is 10.5. The molecule has 0 heterocycles. The van der Waals surface area contributed by atoms with Gasteiger partial charge in [-0.1, -0.05) is 36.4 Å². The van der Waals surface area contributed by atoms with Crippen molar-refractivity contribution < 1.29 is 22.7 Å². The summed E-state index contributed by atoms with van der Waals surface area (Å²) in [4.78, 5) is 12.8. The van der Waals surface area contributed by atoms with Gasteiger partial charge >= 0.3 is 0 Å². The van der Waals surface area contributed by atoms with E-state index in [2.05, 4.69) is 5.32 Å². The largest absolute Gasteiger partial charge is 0.497 e. The number of anilines is 1. The van der Waals surface area contributed by atoms with E-state index < -0.39 is 15.9 Å². The molecule has 0 aliphatic carbocycles. The quantitative estimate of drug-likeness (QED) is 0.492. The Bertz CT molecular complexity index is 1180. The summed E-state index contributed by atoms with van der Waals surface area (Å²) in [5, 5.41) is 2.82. The second kappa shape index (κ2) is 10.9. The molecule has 0 fully saturated rings. The summed E-state index contributed by atoms with van der Waals surface area (Å²) in [6.07, 6.45) is 0.611. The Morgan fingerprint density at radius 1 is 0.939 bits per heavy atom. The molecule has 0 atom stereocenters. The van der Waals surface area contributed by atoms with E-state index in [0.29, 0.717) is 18.7 Å². The van der Waals surface area contributed by atoms with Crippen molar-refractivity contribution in [1.29, 1.82) is 0 Å². The Kier molecular flexibility index (Phi) is 7.95. The predicted octanol–water partition coefficient (Wildman–Crippen LogP) is 3.57. The summed E-state index contributed by atoms with van der Waals surface area (Å²) >= 11 is 0. The van der Waals surface area contributed by atoms with Crippen LogP contribution in [0.1, 0.15) is 11.1 Å². The fourth-order valence-electron chi connectivity index (χ4n) is 3.34. The number of hydrogen-bond donors (Lipinski definition) is 1. The highest BCUT2D eigenvalue weighted by Gasteiger charge is 2.30. The first-order chi connectivity index (χ1) is 15.8. The van der Waals surface area contributed by atoms with Crippen molar-refractivity contribution in [1.82, 2.24) is 5.32 Å². The highest BCUT2D eigenvalue weighted by Crippen LogP contribution is 2.30. The Hall–Kier alpha value is -3.52. The average Bonchev–Trinajstić information content (AvgIpc) is 2.83. The number of nitrogens with zero attached hydrogens (tertiary/aromatic N) is 1. The molecule has 3 aromatic carbocycles. The second-order valence-electron chi connectivity index (χ2n) is 7.45. The molecule has 174 valence electrons. The number of carbonyl (C=O) groups is 1. The summed E-state index contributed by atoms with van der Waals surface area (Å²) < 4.78 is 38.8. The van der Waals surface area contributed by atoms with Gasteiger partial charge in [0, 0.05) is 6.54 Å². The fourth-order valence-corrected chi connectivity index (χ4v) is 5.00. The Morgan fingerprint density at radius 3 is 2.27 bits per heavy atom. The number of amides is 1. The van der Waals surface area contributed by atoms with E-state index >= 15 is 0 Å². The average molecular weight is 469 g/mol. The van der Waals surface area contributed by atoms with Crippen LogP contribution in [0.25, 0.3) is 0 Å². The summed E-state index contributed by atoms with van der Waals surface area (Å²) in [6.45, 7) is 1.82. The number of para-hydroxylation sites is 1. The van der Waals surface area contributed by atoms with E-state index in [1.54, 1.807) is 62.6 Å². The lowest BCUT2D eigenvalue weighted by Crippen LogP contribution is -2.41. The number of ether oxygens (including phenoxy) is 2. The van der Waals surface area contributed by atoms with Crippen molar-refractivity contribution in [2.45, 2.75) is 18.2 Å². The number of carbonyl (C=O) groups excluding carboxylic acids is 1. The summed E-state index contributed by atoms with van der Waals surface area (Å²) in [5.41, 5.74) is 2.20. The van der Waals surface area contributed by atoms with Crippen LogP contribution in [0, 0.1) is 6.92 Å². The molecule has 0 aliphatic rings. The molecule has 0 radical (unpaired) electrons. The molecule has 8 heteroatoms. The van der Waals surface area contributed by atoms with Crippen LogP contribution in [0.3, 0.4) is 0 Å². The zero-order valence-corrected chi connectivity index (χ0v) is 19.8. The van der Waals surface area contributed by atoms with Gasteiger partial charge in [0.1, 0.15) is 22.9 Å². The van der Waals surface area contributed by atoms with Crippen LogP contribution in [0.2, 0.25) is 0 Å². The summed E-state index contributed by atoms with van der Waals surface area (Å²) in [6, 6.07) is 21.1. The van der Waals surface area contributed by atoms with Crippen molar-refractivity contribution in [3.05, 3.63) is 83.9 Å². The molecule has 0 bridgehead atoms. The number of aryl methyl sites for hydroxylation is 1. The van der Waals surface area contributed by atoms with Crippen molar-refractivity contribution >= 4 is 21.6 Å². The molecule has 3 rings (SSSR count). The standard InChI is InChI=1S/C25H28N2O5S/c1-19-9-14-23(32-3)24(17-19)33(29,30)27(21-7-5-4-6-8-21)18-25(28)26-16-15-20-10-12-22(31-2)13-11-20/h4-14,17H,15-16,18H2,1-3H3,(H,26,28). The van der Waals surface area contributed by atoms with Gasteiger partial charge in [-0.15, -0.1) is 0 Å². The van der Waals surface area contributed by atoms with E-state index in [1.165, 1.54) is 7.11 Å². The SMILES string of the molecule is COc1ccc(CCNC(=O)CN(c2ccccc2)S(=O)(=O)c2cc(C)ccc2OC)cc1. The van der Waals surface area contributed by atoms with Gasteiger partial charge in [0.05, 0.1) is 19.9 Å². The van der Waals surface area contributed by atoms with Gasteiger partial charge in [-0.3, -0.25) is 9.10 Å². The second-order valence-corrected chi connectivity index (χ2v) is 9.28. The van der Waals surface area contributed by atoms with Crippen LogP contribution in [0.4, 0.5) is 5.69 Å². The van der Waals surface area contributed by atoms with Crippen LogP contribution < -0.4 is 19.1 Å². The molecule has 1 amide bonds. The number of methoxy groups -OCH3 is 2. The lowest BCUT2D eigenvalue weighted by Gasteiger charge is -2.25. The van der Waals surface area contributed by atoms with Crippen LogP contribution in [-0.2, 0) is 21.2 Å². The molecule has 0 unspecified atom stereocenters. The van der Waals surface area contributed by atoms with Crippen molar-refractivity contribution in [3.63, 3.8) is 0 Å². The number of nitrogens with one attached hydrogen (secondary N) is 1. The number of hydrogen-bond acceptors (Lipinski definition) is 5. The molecule has 0 aromatic heterocycles. The van der Waals surface area contributed by atoms with E-state index in [-0.39, 0.29) is 17.2 Å². The molecule has 3 aromatic rings. The van der Waals surface area contributed by atoms with E-state index in [4.69, 9.17) is 9.47 Å². The van der Waals surface area contributed by atoms with Crippen LogP contribution >= 0.6 is 0 Å². The molecule has 7 nitrogen and oxygen atoms in total. The van der Waals surface area contributed by atoms with Gasteiger partial charge in [0.15, 0.2) is 0 Å². The van der Waals surface area contributed by atoms with Crippen molar-refractivity contribution in [2.75, 3.05) is 31.6 Å². The first kappa shape index (κ1) is 24.1. The van der Waals surface area contributed by atoms with Crippen molar-refractivity contribution in [3.8, 4) is 11.5 Å². The minimum atomic E-state index is -4.07. The first-order valence-corrected chi connectivity index (χ1v) is 11.9. The highest BCUT2D eigenvalue weighted by molar-refractivity contribution is 7.93. The normalized spacial score (nSPS) is 11.0. The van der Waals surface area contributed by atoms with Crippen LogP contribution in [0.15, 0.2) is 77.7 Å². The molecule has 1 N–H and O–H groups in total. The fraction of sp³-hybridized carbons (Fsp3) is 0.240. The van der Waals surface area contributed by atoms with E-state index in [1.807, 2.05) is 24.3 Å². The van der Waals surface area contributed by atoms with E-state index in [0.717, 1.165) is 21.2 Å². The van der Waals surface area contributed by atoms with Gasteiger partial charge in [-0.2, -0.15) is 0 Å². The third-order valence-electron chi connectivity index (χ3n) is 5.11. The van der Waals surface area contributed by atoms with Crippen LogP contribution in [0.5, 0.6) is 11.5 Å². The molecule has 33 heavy (non-hydrogen) atoms. The van der Waals surface area contributed by atoms with Gasteiger partial charge in [0.25, 0.3) is 10.0 Å². The minimum Gasteiger partial charge on any atom is -0.497 e. The summed E-state index contributed by atoms with van der Waals surface area (Å²) in [7, 11) is -1.04. The zero-order valence-electron chi connectivity index (χ0n) is 18.9. The maximum Gasteiger partial charge on any atom is 0.268 e. The topological polar surface area (TPSA) is 84.9 Å². The smallest absolute Gasteiger partial charge is 0.268 e. The molecule has 0 saturated heterocycles. The van der Waals surface area contributed by atoms with Gasteiger partial charge in [-0.05, 0) is 60.9 Å². The third kappa shape index (κ3) is 6.04. The van der Waals surface area contributed by atoms with Crippen molar-refractivity contribution in [2.24, 2.45) is 0 Å². The maximum atomic E-state index is 13.6. The number of benzene rings is 3. The van der Waals surface area contributed by atoms with E-state index in [9.17, 15) is 13.2 Å².